The summed E-state index contributed by atoms with van der Waals surface area (Å²) in [5.41, 5.74) is 0. The van der Waals surface area contributed by atoms with Crippen LogP contribution in [0, 0.1) is 13.6 Å². The Balaban J connectivity index is 1.97. The SMILES string of the molecule is [CH2]N[CH]C. The molecule has 24 valence electrons. The van der Waals surface area contributed by atoms with Crippen LogP contribution in [0.15, 0.2) is 0 Å². The fourth-order valence-electron chi connectivity index (χ4n) is 0. The van der Waals surface area contributed by atoms with Gasteiger partial charge in [0.1, 0.15) is 0 Å². The van der Waals surface area contributed by atoms with Gasteiger partial charge in [-0.1, -0.05) is 0 Å². The largest absolute Gasteiger partial charge is 0.311 e. The van der Waals surface area contributed by atoms with Gasteiger partial charge in [0, 0.05) is 13.6 Å². The van der Waals surface area contributed by atoms with Crippen LogP contribution >= 0.6 is 0 Å². The molecule has 2 radical (unpaired) electrons. The molecule has 1 heteroatoms. The number of rotatable bonds is 1. The average Bonchev–Trinajstić information content (AvgIpc) is 1.37. The average molecular weight is 57.1 g/mol. The van der Waals surface area contributed by atoms with Gasteiger partial charge in [0.05, 0.1) is 0 Å². The van der Waals surface area contributed by atoms with Gasteiger partial charge in [0.2, 0.25) is 0 Å². The topological polar surface area (TPSA) is 12.0 Å². The van der Waals surface area contributed by atoms with Gasteiger partial charge >= 0.3 is 0 Å². The fraction of sp³-hybridized carbons (Fsp3) is 0.333. The Kier molecular flexibility index (Phi) is 2.93. The monoisotopic (exact) mass is 57.1 g/mol. The fourth-order valence-corrected chi connectivity index (χ4v) is 0. The molecule has 0 rings (SSSR count). The second-order valence-corrected chi connectivity index (χ2v) is 0.493. The molecule has 0 saturated heterocycles. The highest BCUT2D eigenvalue weighted by Crippen LogP contribution is 1.49. The third-order valence-electron chi connectivity index (χ3n) is 0.204. The molecule has 0 amide bonds. The van der Waals surface area contributed by atoms with Gasteiger partial charge in [-0.3, -0.25) is 0 Å². The summed E-state index contributed by atoms with van der Waals surface area (Å²) in [6.07, 6.45) is 0. The van der Waals surface area contributed by atoms with Crippen LogP contribution < -0.4 is 5.32 Å². The highest BCUT2D eigenvalue weighted by Gasteiger charge is 1.52. The first kappa shape index (κ1) is 3.96. The second kappa shape index (κ2) is 2.96. The zero-order valence-electron chi connectivity index (χ0n) is 2.78. The van der Waals surface area contributed by atoms with Gasteiger partial charge in [-0.15, -0.1) is 0 Å². The molecule has 0 aromatic carbocycles. The quantitative estimate of drug-likeness (QED) is 0.463. The van der Waals surface area contributed by atoms with Gasteiger partial charge in [0.25, 0.3) is 0 Å². The summed E-state index contributed by atoms with van der Waals surface area (Å²) in [4.78, 5) is 0. The molecule has 0 aliphatic rings. The molecule has 0 unspecified atom stereocenters. The van der Waals surface area contributed by atoms with Crippen molar-refractivity contribution in [2.75, 3.05) is 0 Å². The lowest BCUT2D eigenvalue weighted by atomic mass is 10.8. The van der Waals surface area contributed by atoms with Gasteiger partial charge in [-0.2, -0.15) is 0 Å². The van der Waals surface area contributed by atoms with Crippen molar-refractivity contribution < 1.29 is 0 Å². The maximum absolute atomic E-state index is 3.30. The first-order chi connectivity index (χ1) is 1.91. The van der Waals surface area contributed by atoms with Gasteiger partial charge in [-0.05, 0) is 6.92 Å². The molecule has 0 fully saturated rings. The summed E-state index contributed by atoms with van der Waals surface area (Å²) in [6, 6.07) is 0. The van der Waals surface area contributed by atoms with Crippen molar-refractivity contribution in [2.45, 2.75) is 6.92 Å². The van der Waals surface area contributed by atoms with Gasteiger partial charge < -0.3 is 5.32 Å². The lowest BCUT2D eigenvalue weighted by Gasteiger charge is -1.74. The molecular weight excluding hydrogens is 50.0 g/mol. The molecule has 4 heavy (non-hydrogen) atoms. The maximum Gasteiger partial charge on any atom is 0.0190 e. The third-order valence-corrected chi connectivity index (χ3v) is 0.204. The van der Waals surface area contributed by atoms with Gasteiger partial charge in [0.15, 0.2) is 0 Å². The van der Waals surface area contributed by atoms with E-state index in [-0.39, 0.29) is 0 Å². The van der Waals surface area contributed by atoms with Crippen molar-refractivity contribution in [1.82, 2.24) is 5.32 Å². The van der Waals surface area contributed by atoms with Crippen LogP contribution in [-0.4, -0.2) is 0 Å². The van der Waals surface area contributed by atoms with Crippen molar-refractivity contribution in [1.29, 1.82) is 0 Å². The second-order valence-electron chi connectivity index (χ2n) is 0.493. The first-order valence-electron chi connectivity index (χ1n) is 1.22. The molecule has 0 atom stereocenters. The zero-order valence-corrected chi connectivity index (χ0v) is 2.78. The van der Waals surface area contributed by atoms with E-state index < -0.39 is 0 Å². The molecular formula is C3H7N. The Bertz CT molecular complexity index is 5.25. The predicted molar refractivity (Wildman–Crippen MR) is 18.5 cm³/mol. The van der Waals surface area contributed by atoms with E-state index in [2.05, 4.69) is 12.4 Å². The molecule has 0 aromatic rings. The van der Waals surface area contributed by atoms with Crippen molar-refractivity contribution in [3.63, 3.8) is 0 Å². The minimum absolute atomic E-state index is 1.76. The Morgan fingerprint density at radius 2 is 2.25 bits per heavy atom. The molecule has 1 nitrogen and oxygen atoms in total. The summed E-state index contributed by atoms with van der Waals surface area (Å²) >= 11 is 0. The van der Waals surface area contributed by atoms with Crippen molar-refractivity contribution in [2.24, 2.45) is 0 Å². The summed E-state index contributed by atoms with van der Waals surface area (Å²) in [6.45, 7) is 3.65. The van der Waals surface area contributed by atoms with Crippen LogP contribution in [0.25, 0.3) is 0 Å². The maximum atomic E-state index is 3.30. The Labute approximate surface area is 27.0 Å². The van der Waals surface area contributed by atoms with E-state index in [1.54, 1.807) is 6.54 Å². The van der Waals surface area contributed by atoms with Gasteiger partial charge in [-0.25, -0.2) is 0 Å². The molecule has 0 spiro atoms. The summed E-state index contributed by atoms with van der Waals surface area (Å²) < 4.78 is 0. The highest BCUT2D eigenvalue weighted by atomic mass is 14.8. The Morgan fingerprint density at radius 1 is 2.00 bits per heavy atom. The smallest absolute Gasteiger partial charge is 0.0190 e. The summed E-state index contributed by atoms with van der Waals surface area (Å²) in [7, 11) is 3.30. The van der Waals surface area contributed by atoms with E-state index in [0.717, 1.165) is 0 Å². The van der Waals surface area contributed by atoms with E-state index in [4.69, 9.17) is 0 Å². The molecule has 0 bridgehead atoms. The van der Waals surface area contributed by atoms with Crippen LogP contribution in [0.1, 0.15) is 6.92 Å². The van der Waals surface area contributed by atoms with Crippen molar-refractivity contribution in [3.8, 4) is 0 Å². The van der Waals surface area contributed by atoms with E-state index in [1.807, 2.05) is 6.92 Å². The molecule has 0 saturated carbocycles. The van der Waals surface area contributed by atoms with Crippen LogP contribution in [-0.2, 0) is 0 Å². The Hall–Kier alpha value is -0.0400. The lowest BCUT2D eigenvalue weighted by Crippen LogP contribution is -1.89. The first-order valence-corrected chi connectivity index (χ1v) is 1.22. The number of hydrogen-bond donors (Lipinski definition) is 1. The van der Waals surface area contributed by atoms with Crippen LogP contribution in [0.2, 0.25) is 0 Å². The third kappa shape index (κ3) is 1.96. The normalized spacial score (nSPS) is 7.50. The Morgan fingerprint density at radius 3 is 2.25 bits per heavy atom. The molecule has 0 aliphatic carbocycles. The van der Waals surface area contributed by atoms with Crippen LogP contribution in [0.3, 0.4) is 0 Å². The van der Waals surface area contributed by atoms with E-state index in [0.29, 0.717) is 0 Å². The summed E-state index contributed by atoms with van der Waals surface area (Å²) in [5, 5.41) is 2.56. The number of hydrogen-bond acceptors (Lipinski definition) is 1. The number of nitrogens with one attached hydrogen (secondary N) is 1. The molecule has 0 aliphatic heterocycles. The summed E-state index contributed by atoms with van der Waals surface area (Å²) in [5.74, 6) is 0. The van der Waals surface area contributed by atoms with Crippen LogP contribution in [0.5, 0.6) is 0 Å². The minimum Gasteiger partial charge on any atom is -0.311 e. The van der Waals surface area contributed by atoms with Crippen LogP contribution in [0.4, 0.5) is 0 Å². The standard InChI is InChI=1S/C3H7N/c1-3-4-2/h3-4H,2H2,1H3. The molecule has 0 aromatic heterocycles. The zero-order chi connectivity index (χ0) is 3.41. The van der Waals surface area contributed by atoms with Crippen molar-refractivity contribution >= 4 is 0 Å². The van der Waals surface area contributed by atoms with E-state index in [9.17, 15) is 0 Å². The van der Waals surface area contributed by atoms with Crippen molar-refractivity contribution in [3.05, 3.63) is 13.6 Å². The van der Waals surface area contributed by atoms with E-state index in [1.165, 1.54) is 0 Å². The minimum atomic E-state index is 1.76. The molecule has 1 N–H and O–H groups in total. The van der Waals surface area contributed by atoms with E-state index >= 15 is 0 Å². The lowest BCUT2D eigenvalue weighted by molar-refractivity contribution is 1.05. The molecule has 0 heterocycles. The predicted octanol–water partition coefficient (Wildman–Crippen LogP) is 0.549. The highest BCUT2D eigenvalue weighted by molar-refractivity contribution is 4.45.